The highest BCUT2D eigenvalue weighted by molar-refractivity contribution is 6.33. The second kappa shape index (κ2) is 9.88. The average molecular weight is 464 g/mol. The molecule has 0 aliphatic heterocycles. The van der Waals surface area contributed by atoms with Crippen LogP contribution in [-0.2, 0) is 13.2 Å². The number of carbonyl (C=O) groups is 1. The highest BCUT2D eigenvalue weighted by atomic mass is 35.5. The highest BCUT2D eigenvalue weighted by Gasteiger charge is 2.13. The van der Waals surface area contributed by atoms with E-state index in [1.54, 1.807) is 35.1 Å². The molecule has 0 spiro atoms. The molecule has 0 aliphatic rings. The van der Waals surface area contributed by atoms with Crippen LogP contribution in [0, 0.1) is 19.7 Å². The normalized spacial score (nSPS) is 10.8. The van der Waals surface area contributed by atoms with Crippen molar-refractivity contribution in [1.82, 2.24) is 9.78 Å². The first kappa shape index (κ1) is 22.6. The molecule has 4 rings (SSSR count). The largest absolute Gasteiger partial charge is 0.489 e. The van der Waals surface area contributed by atoms with Crippen LogP contribution in [-0.4, -0.2) is 15.7 Å². The molecule has 4 aromatic rings. The zero-order chi connectivity index (χ0) is 23.4. The molecule has 0 radical (unpaired) electrons. The van der Waals surface area contributed by atoms with Crippen molar-refractivity contribution in [1.29, 1.82) is 0 Å². The summed E-state index contributed by atoms with van der Waals surface area (Å²) in [5.41, 5.74) is 4.39. The molecule has 33 heavy (non-hydrogen) atoms. The van der Waals surface area contributed by atoms with Crippen molar-refractivity contribution in [3.63, 3.8) is 0 Å². The number of benzene rings is 3. The minimum Gasteiger partial charge on any atom is -0.489 e. The molecule has 0 bridgehead atoms. The number of ether oxygens (including phenoxy) is 1. The van der Waals surface area contributed by atoms with E-state index < -0.39 is 0 Å². The van der Waals surface area contributed by atoms with E-state index in [4.69, 9.17) is 16.3 Å². The predicted octanol–water partition coefficient (Wildman–Crippen LogP) is 6.17. The van der Waals surface area contributed by atoms with Crippen LogP contribution >= 0.6 is 11.6 Å². The summed E-state index contributed by atoms with van der Waals surface area (Å²) in [6.07, 6.45) is 1.62. The molecular formula is C26H23ClFN3O2. The van der Waals surface area contributed by atoms with Crippen LogP contribution in [0.3, 0.4) is 0 Å². The van der Waals surface area contributed by atoms with Gasteiger partial charge in [0, 0.05) is 11.8 Å². The Morgan fingerprint density at radius 3 is 2.64 bits per heavy atom. The number of rotatable bonds is 7. The molecule has 168 valence electrons. The van der Waals surface area contributed by atoms with Crippen molar-refractivity contribution in [2.45, 2.75) is 27.0 Å². The topological polar surface area (TPSA) is 56.1 Å². The second-order valence-corrected chi connectivity index (χ2v) is 8.27. The lowest BCUT2D eigenvalue weighted by atomic mass is 10.1. The summed E-state index contributed by atoms with van der Waals surface area (Å²) in [7, 11) is 0. The molecule has 1 heterocycles. The van der Waals surface area contributed by atoms with E-state index in [9.17, 15) is 9.18 Å². The fourth-order valence-corrected chi connectivity index (χ4v) is 3.54. The number of nitrogens with zero attached hydrogens (tertiary/aromatic N) is 2. The Kier molecular flexibility index (Phi) is 6.75. The summed E-state index contributed by atoms with van der Waals surface area (Å²) in [6.45, 7) is 4.76. The molecule has 3 aromatic carbocycles. The summed E-state index contributed by atoms with van der Waals surface area (Å²) in [6, 6.07) is 19.4. The van der Waals surface area contributed by atoms with Crippen LogP contribution in [0.1, 0.15) is 32.6 Å². The van der Waals surface area contributed by atoms with Crippen LogP contribution in [0.5, 0.6) is 5.75 Å². The Bertz CT molecular complexity index is 1290. The van der Waals surface area contributed by atoms with E-state index in [-0.39, 0.29) is 17.5 Å². The molecule has 0 atom stereocenters. The van der Waals surface area contributed by atoms with Crippen LogP contribution in [0.4, 0.5) is 10.2 Å². The number of anilines is 1. The van der Waals surface area contributed by atoms with Gasteiger partial charge in [-0.1, -0.05) is 48.0 Å². The van der Waals surface area contributed by atoms with Crippen molar-refractivity contribution in [3.8, 4) is 5.75 Å². The Labute approximate surface area is 196 Å². The standard InChI is InChI=1S/C26H23ClFN3O2/c1-17-6-7-18(2)24(12-17)33-16-20-4-3-5-21(13-20)26(32)29-25-23(27)15-31(30-25)14-19-8-10-22(28)11-9-19/h3-13,15H,14,16H2,1-2H3,(H,29,30,32). The molecule has 5 nitrogen and oxygen atoms in total. The maximum atomic E-state index is 13.1. The van der Waals surface area contributed by atoms with Gasteiger partial charge in [0.2, 0.25) is 0 Å². The van der Waals surface area contributed by atoms with E-state index in [0.717, 1.165) is 28.0 Å². The number of halogens is 2. The molecule has 0 saturated heterocycles. The third kappa shape index (κ3) is 5.79. The van der Waals surface area contributed by atoms with Gasteiger partial charge in [-0.15, -0.1) is 0 Å². The number of nitrogens with one attached hydrogen (secondary N) is 1. The predicted molar refractivity (Wildman–Crippen MR) is 127 cm³/mol. The third-order valence-electron chi connectivity index (χ3n) is 5.13. The number of amides is 1. The van der Waals surface area contributed by atoms with Gasteiger partial charge in [-0.3, -0.25) is 9.48 Å². The molecule has 0 unspecified atom stereocenters. The van der Waals surface area contributed by atoms with Crippen molar-refractivity contribution < 1.29 is 13.9 Å². The van der Waals surface area contributed by atoms with Gasteiger partial charge in [-0.2, -0.15) is 5.10 Å². The van der Waals surface area contributed by atoms with Crippen molar-refractivity contribution in [2.75, 3.05) is 5.32 Å². The third-order valence-corrected chi connectivity index (χ3v) is 5.41. The summed E-state index contributed by atoms with van der Waals surface area (Å²) in [5, 5.41) is 7.42. The van der Waals surface area contributed by atoms with Crippen molar-refractivity contribution >= 4 is 23.3 Å². The van der Waals surface area contributed by atoms with E-state index in [2.05, 4.69) is 10.4 Å². The van der Waals surface area contributed by atoms with Gasteiger partial charge in [0.25, 0.3) is 5.91 Å². The number of hydrogen-bond acceptors (Lipinski definition) is 3. The van der Waals surface area contributed by atoms with E-state index >= 15 is 0 Å². The quantitative estimate of drug-likeness (QED) is 0.356. The average Bonchev–Trinajstić information content (AvgIpc) is 3.14. The molecule has 1 N–H and O–H groups in total. The molecule has 7 heteroatoms. The minimum absolute atomic E-state index is 0.265. The smallest absolute Gasteiger partial charge is 0.256 e. The molecule has 0 fully saturated rings. The van der Waals surface area contributed by atoms with Crippen molar-refractivity contribution in [3.05, 3.63) is 112 Å². The van der Waals surface area contributed by atoms with E-state index in [1.807, 2.05) is 44.2 Å². The molecular weight excluding hydrogens is 441 g/mol. The lowest BCUT2D eigenvalue weighted by molar-refractivity contribution is 0.102. The van der Waals surface area contributed by atoms with Gasteiger partial charge in [0.05, 0.1) is 6.54 Å². The zero-order valence-electron chi connectivity index (χ0n) is 18.3. The van der Waals surface area contributed by atoms with Gasteiger partial charge < -0.3 is 10.1 Å². The first-order chi connectivity index (χ1) is 15.9. The number of aryl methyl sites for hydroxylation is 2. The number of carbonyl (C=O) groups excluding carboxylic acids is 1. The van der Waals surface area contributed by atoms with Crippen LogP contribution in [0.25, 0.3) is 0 Å². The van der Waals surface area contributed by atoms with Gasteiger partial charge in [0.1, 0.15) is 23.2 Å². The first-order valence-electron chi connectivity index (χ1n) is 10.4. The Morgan fingerprint density at radius 1 is 1.06 bits per heavy atom. The SMILES string of the molecule is Cc1ccc(C)c(OCc2cccc(C(=O)Nc3nn(Cc4ccc(F)cc4)cc3Cl)c2)c1. The monoisotopic (exact) mass is 463 g/mol. The number of aromatic nitrogens is 2. The van der Waals surface area contributed by atoms with Gasteiger partial charge in [-0.05, 0) is 66.4 Å². The molecule has 1 aromatic heterocycles. The van der Waals surface area contributed by atoms with Gasteiger partial charge >= 0.3 is 0 Å². The highest BCUT2D eigenvalue weighted by Crippen LogP contribution is 2.22. The fourth-order valence-electron chi connectivity index (χ4n) is 3.35. The summed E-state index contributed by atoms with van der Waals surface area (Å²) in [5.74, 6) is 0.466. The number of hydrogen-bond donors (Lipinski definition) is 1. The Hall–Kier alpha value is -3.64. The van der Waals surface area contributed by atoms with E-state index in [0.29, 0.717) is 23.7 Å². The van der Waals surface area contributed by atoms with Crippen LogP contribution < -0.4 is 10.1 Å². The lowest BCUT2D eigenvalue weighted by Gasteiger charge is -2.11. The maximum Gasteiger partial charge on any atom is 0.256 e. The first-order valence-corrected chi connectivity index (χ1v) is 10.8. The summed E-state index contributed by atoms with van der Waals surface area (Å²) >= 11 is 6.27. The Balaban J connectivity index is 1.42. The van der Waals surface area contributed by atoms with Gasteiger partial charge in [-0.25, -0.2) is 4.39 Å². The minimum atomic E-state index is -0.322. The zero-order valence-corrected chi connectivity index (χ0v) is 19.1. The van der Waals surface area contributed by atoms with Crippen LogP contribution in [0.2, 0.25) is 5.02 Å². The maximum absolute atomic E-state index is 13.1. The second-order valence-electron chi connectivity index (χ2n) is 7.86. The molecule has 1 amide bonds. The fraction of sp³-hybridized carbons (Fsp3) is 0.154. The Morgan fingerprint density at radius 2 is 1.85 bits per heavy atom. The lowest BCUT2D eigenvalue weighted by Crippen LogP contribution is -2.13. The van der Waals surface area contributed by atoms with Gasteiger partial charge in [0.15, 0.2) is 5.82 Å². The van der Waals surface area contributed by atoms with Crippen LogP contribution in [0.15, 0.2) is 72.9 Å². The van der Waals surface area contributed by atoms with Crippen molar-refractivity contribution in [2.24, 2.45) is 0 Å². The van der Waals surface area contributed by atoms with E-state index in [1.165, 1.54) is 12.1 Å². The molecule has 0 saturated carbocycles. The summed E-state index contributed by atoms with van der Waals surface area (Å²) in [4.78, 5) is 12.8. The summed E-state index contributed by atoms with van der Waals surface area (Å²) < 4.78 is 20.6. The molecule has 0 aliphatic carbocycles.